The van der Waals surface area contributed by atoms with Gasteiger partial charge in [-0.3, -0.25) is 5.01 Å². The van der Waals surface area contributed by atoms with Crippen LogP contribution in [0.15, 0.2) is 59.6 Å². The Labute approximate surface area is 159 Å². The third kappa shape index (κ3) is 3.57. The SMILES string of the molecule is Cc1ccc(C2=CN(c3ccccc3)NN2)cc1S(=O)(=O)N1CCOCC1. The molecule has 2 aromatic rings. The van der Waals surface area contributed by atoms with E-state index in [4.69, 9.17) is 4.74 Å². The van der Waals surface area contributed by atoms with Crippen LogP contribution in [0.2, 0.25) is 0 Å². The maximum Gasteiger partial charge on any atom is 0.243 e. The second-order valence-electron chi connectivity index (χ2n) is 6.48. The van der Waals surface area contributed by atoms with E-state index in [2.05, 4.69) is 11.0 Å². The van der Waals surface area contributed by atoms with E-state index in [1.807, 2.05) is 60.6 Å². The summed E-state index contributed by atoms with van der Waals surface area (Å²) in [6.45, 7) is 3.45. The van der Waals surface area contributed by atoms with Crippen molar-refractivity contribution in [3.8, 4) is 0 Å². The van der Waals surface area contributed by atoms with Crippen molar-refractivity contribution in [1.82, 2.24) is 15.3 Å². The highest BCUT2D eigenvalue weighted by Crippen LogP contribution is 2.26. The van der Waals surface area contributed by atoms with E-state index in [0.717, 1.165) is 22.5 Å². The molecule has 0 radical (unpaired) electrons. The number of nitrogens with zero attached hydrogens (tertiary/aromatic N) is 2. The van der Waals surface area contributed by atoms with Crippen molar-refractivity contribution in [3.05, 3.63) is 65.9 Å². The van der Waals surface area contributed by atoms with E-state index in [-0.39, 0.29) is 0 Å². The molecule has 2 heterocycles. The van der Waals surface area contributed by atoms with Crippen LogP contribution in [-0.4, -0.2) is 39.0 Å². The first-order valence-electron chi connectivity index (χ1n) is 8.82. The molecule has 0 atom stereocenters. The lowest BCUT2D eigenvalue weighted by Gasteiger charge is -2.26. The Hall–Kier alpha value is -2.39. The lowest BCUT2D eigenvalue weighted by atomic mass is 10.1. The number of ether oxygens (including phenoxy) is 1. The first-order valence-corrected chi connectivity index (χ1v) is 10.3. The molecule has 2 aromatic carbocycles. The molecule has 1 fully saturated rings. The minimum Gasteiger partial charge on any atom is -0.379 e. The summed E-state index contributed by atoms with van der Waals surface area (Å²) >= 11 is 0. The average Bonchev–Trinajstić information content (AvgIpc) is 3.20. The molecule has 0 spiro atoms. The number of para-hydroxylation sites is 1. The highest BCUT2D eigenvalue weighted by molar-refractivity contribution is 7.89. The van der Waals surface area contributed by atoms with Crippen molar-refractivity contribution in [1.29, 1.82) is 0 Å². The Morgan fingerprint density at radius 1 is 1.04 bits per heavy atom. The number of hydrazine groups is 2. The normalized spacial score (nSPS) is 18.3. The molecule has 2 aliphatic heterocycles. The number of sulfonamides is 1. The van der Waals surface area contributed by atoms with Crippen molar-refractivity contribution in [2.75, 3.05) is 31.3 Å². The lowest BCUT2D eigenvalue weighted by Crippen LogP contribution is -2.40. The summed E-state index contributed by atoms with van der Waals surface area (Å²) in [5, 5.41) is 1.85. The number of anilines is 1. The van der Waals surface area contributed by atoms with Crippen LogP contribution in [0.4, 0.5) is 5.69 Å². The fourth-order valence-electron chi connectivity index (χ4n) is 3.16. The number of hydrogen-bond acceptors (Lipinski definition) is 6. The third-order valence-electron chi connectivity index (χ3n) is 4.69. The second-order valence-corrected chi connectivity index (χ2v) is 8.39. The molecule has 0 amide bonds. The number of aryl methyl sites for hydroxylation is 1. The number of nitrogens with one attached hydrogen (secondary N) is 2. The fraction of sp³-hybridized carbons (Fsp3) is 0.263. The van der Waals surface area contributed by atoms with Crippen LogP contribution in [0.25, 0.3) is 5.70 Å². The first-order chi connectivity index (χ1) is 13.1. The van der Waals surface area contributed by atoms with Gasteiger partial charge in [0.25, 0.3) is 0 Å². The topological polar surface area (TPSA) is 73.9 Å². The number of hydrogen-bond donors (Lipinski definition) is 2. The zero-order valence-electron chi connectivity index (χ0n) is 15.1. The van der Waals surface area contributed by atoms with Crippen LogP contribution in [-0.2, 0) is 14.8 Å². The molecule has 2 N–H and O–H groups in total. The van der Waals surface area contributed by atoms with Crippen LogP contribution in [0.1, 0.15) is 11.1 Å². The van der Waals surface area contributed by atoms with Crippen LogP contribution in [0.5, 0.6) is 0 Å². The van der Waals surface area contributed by atoms with E-state index in [0.29, 0.717) is 31.2 Å². The Morgan fingerprint density at radius 3 is 2.52 bits per heavy atom. The average molecular weight is 386 g/mol. The predicted molar refractivity (Wildman–Crippen MR) is 104 cm³/mol. The Kier molecular flexibility index (Phi) is 4.88. The number of morpholine rings is 1. The van der Waals surface area contributed by atoms with Crippen molar-refractivity contribution in [3.63, 3.8) is 0 Å². The molecule has 7 nitrogen and oxygen atoms in total. The number of rotatable bonds is 4. The van der Waals surface area contributed by atoms with Crippen molar-refractivity contribution < 1.29 is 13.2 Å². The van der Waals surface area contributed by atoms with E-state index in [1.165, 1.54) is 4.31 Å². The minimum atomic E-state index is -3.55. The van der Waals surface area contributed by atoms with Crippen molar-refractivity contribution >= 4 is 21.4 Å². The van der Waals surface area contributed by atoms with Crippen LogP contribution >= 0.6 is 0 Å². The first kappa shape index (κ1) is 18.0. The summed E-state index contributed by atoms with van der Waals surface area (Å²) in [6.07, 6.45) is 1.91. The summed E-state index contributed by atoms with van der Waals surface area (Å²) in [5.74, 6) is 0. The van der Waals surface area contributed by atoms with Gasteiger partial charge in [0, 0.05) is 24.9 Å². The van der Waals surface area contributed by atoms with Crippen LogP contribution < -0.4 is 16.0 Å². The summed E-state index contributed by atoms with van der Waals surface area (Å²) in [5.41, 5.74) is 9.50. The molecular formula is C19H22N4O3S. The van der Waals surface area contributed by atoms with Crippen LogP contribution in [0.3, 0.4) is 0 Å². The van der Waals surface area contributed by atoms with E-state index >= 15 is 0 Å². The maximum atomic E-state index is 13.1. The zero-order valence-corrected chi connectivity index (χ0v) is 15.9. The Morgan fingerprint density at radius 2 is 1.78 bits per heavy atom. The Bertz CT molecular complexity index is 954. The molecule has 0 saturated carbocycles. The molecule has 1 saturated heterocycles. The minimum absolute atomic E-state index is 0.336. The van der Waals surface area contributed by atoms with Gasteiger partial charge in [-0.2, -0.15) is 4.31 Å². The van der Waals surface area contributed by atoms with Gasteiger partial charge >= 0.3 is 0 Å². The van der Waals surface area contributed by atoms with Gasteiger partial charge in [-0.1, -0.05) is 30.3 Å². The molecule has 27 heavy (non-hydrogen) atoms. The molecule has 142 valence electrons. The molecular weight excluding hydrogens is 364 g/mol. The highest BCUT2D eigenvalue weighted by atomic mass is 32.2. The monoisotopic (exact) mass is 386 g/mol. The molecule has 2 aliphatic rings. The van der Waals surface area contributed by atoms with Gasteiger partial charge in [0.2, 0.25) is 10.0 Å². The molecule has 0 aliphatic carbocycles. The molecule has 4 rings (SSSR count). The molecule has 0 unspecified atom stereocenters. The van der Waals surface area contributed by atoms with Gasteiger partial charge in [-0.25, -0.2) is 8.42 Å². The molecule has 0 bridgehead atoms. The van der Waals surface area contributed by atoms with Crippen LogP contribution in [0, 0.1) is 6.92 Å². The van der Waals surface area contributed by atoms with Gasteiger partial charge in [0.1, 0.15) is 0 Å². The zero-order chi connectivity index (χ0) is 18.9. The van der Waals surface area contributed by atoms with Gasteiger partial charge in [0.15, 0.2) is 0 Å². The van der Waals surface area contributed by atoms with Crippen molar-refractivity contribution in [2.45, 2.75) is 11.8 Å². The maximum absolute atomic E-state index is 13.1. The predicted octanol–water partition coefficient (Wildman–Crippen LogP) is 1.84. The van der Waals surface area contributed by atoms with E-state index < -0.39 is 10.0 Å². The highest BCUT2D eigenvalue weighted by Gasteiger charge is 2.28. The quantitative estimate of drug-likeness (QED) is 0.835. The molecule has 0 aromatic heterocycles. The van der Waals surface area contributed by atoms with E-state index in [1.54, 1.807) is 6.07 Å². The van der Waals surface area contributed by atoms with Gasteiger partial charge in [0.05, 0.1) is 29.5 Å². The second kappa shape index (κ2) is 7.32. The standard InChI is InChI=1S/C19H22N4O3S/c1-15-7-8-16(13-19(15)27(24,25)22-9-11-26-12-10-22)18-14-23(21-20-18)17-5-3-2-4-6-17/h2-8,13-14,20-21H,9-12H2,1H3. The van der Waals surface area contributed by atoms with Gasteiger partial charge < -0.3 is 10.2 Å². The smallest absolute Gasteiger partial charge is 0.243 e. The van der Waals surface area contributed by atoms with Gasteiger partial charge in [-0.05, 0) is 30.7 Å². The summed E-state index contributed by atoms with van der Waals surface area (Å²) in [7, 11) is -3.55. The Balaban J connectivity index is 1.65. The fourth-order valence-corrected chi connectivity index (χ4v) is 4.82. The van der Waals surface area contributed by atoms with E-state index in [9.17, 15) is 8.42 Å². The summed E-state index contributed by atoms with van der Waals surface area (Å²) in [4.78, 5) is 0.336. The summed E-state index contributed by atoms with van der Waals surface area (Å²) < 4.78 is 32.9. The van der Waals surface area contributed by atoms with Crippen molar-refractivity contribution in [2.24, 2.45) is 0 Å². The lowest BCUT2D eigenvalue weighted by molar-refractivity contribution is 0.0730. The largest absolute Gasteiger partial charge is 0.379 e. The third-order valence-corrected chi connectivity index (χ3v) is 6.73. The molecule has 8 heteroatoms. The number of benzene rings is 2. The summed E-state index contributed by atoms with van der Waals surface area (Å²) in [6, 6.07) is 15.3. The van der Waals surface area contributed by atoms with Gasteiger partial charge in [-0.15, -0.1) is 5.53 Å².